The highest BCUT2D eigenvalue weighted by Gasteiger charge is 2.53. The summed E-state index contributed by atoms with van der Waals surface area (Å²) < 4.78 is 94.1. The Hall–Kier alpha value is -4.62. The number of amides is 1. The van der Waals surface area contributed by atoms with E-state index in [9.17, 15) is 31.1 Å². The second-order valence-corrected chi connectivity index (χ2v) is 12.3. The van der Waals surface area contributed by atoms with E-state index >= 15 is 0 Å². The Morgan fingerprint density at radius 2 is 1.56 bits per heavy atom. The number of nitrogens with zero attached hydrogens (tertiary/aromatic N) is 1. The van der Waals surface area contributed by atoms with Crippen LogP contribution < -0.4 is 10.1 Å². The fourth-order valence-corrected chi connectivity index (χ4v) is 5.87. The summed E-state index contributed by atoms with van der Waals surface area (Å²) in [5.41, 5.74) is -3.28. The van der Waals surface area contributed by atoms with Gasteiger partial charge >= 0.3 is 12.4 Å². The maximum atomic E-state index is 14.4. The Balaban J connectivity index is 1.56. The van der Waals surface area contributed by atoms with Crippen LogP contribution in [-0.4, -0.2) is 35.7 Å². The fraction of sp³-hybridized carbons (Fsp3) is 0.243. The van der Waals surface area contributed by atoms with Crippen molar-refractivity contribution < 1.29 is 45.7 Å². The summed E-state index contributed by atoms with van der Waals surface area (Å²) in [6.07, 6.45) is -7.28. The number of rotatable bonds is 12. The number of aliphatic imine (C=N–C) groups is 1. The summed E-state index contributed by atoms with van der Waals surface area (Å²) in [6, 6.07) is 24.1. The van der Waals surface area contributed by atoms with Crippen molar-refractivity contribution in [1.29, 1.82) is 0 Å². The van der Waals surface area contributed by atoms with Crippen LogP contribution in [0.2, 0.25) is 0 Å². The normalized spacial score (nSPS) is 17.8. The minimum atomic E-state index is -5.05. The Morgan fingerprint density at radius 1 is 0.920 bits per heavy atom. The molecule has 0 fully saturated rings. The van der Waals surface area contributed by atoms with E-state index < -0.39 is 53.1 Å². The molecule has 4 aromatic rings. The van der Waals surface area contributed by atoms with E-state index in [1.54, 1.807) is 60.7 Å². The van der Waals surface area contributed by atoms with Crippen molar-refractivity contribution in [3.63, 3.8) is 0 Å². The van der Waals surface area contributed by atoms with Crippen LogP contribution in [-0.2, 0) is 28.4 Å². The first kappa shape index (κ1) is 36.7. The lowest BCUT2D eigenvalue weighted by atomic mass is 9.84. The predicted octanol–water partition coefficient (Wildman–Crippen LogP) is 8.92. The Labute approximate surface area is 292 Å². The average molecular weight is 762 g/mol. The zero-order valence-electron chi connectivity index (χ0n) is 26.3. The second kappa shape index (κ2) is 15.5. The topological polar surface area (TPSA) is 80.2 Å². The molecule has 5 rings (SSSR count). The van der Waals surface area contributed by atoms with Gasteiger partial charge in [-0.15, -0.1) is 0 Å². The average Bonchev–Trinajstić information content (AvgIpc) is 3.48. The Kier molecular flexibility index (Phi) is 11.4. The van der Waals surface area contributed by atoms with Gasteiger partial charge in [0.1, 0.15) is 5.75 Å². The van der Waals surface area contributed by atoms with Gasteiger partial charge in [-0.25, -0.2) is 4.99 Å². The van der Waals surface area contributed by atoms with Gasteiger partial charge in [-0.3, -0.25) is 4.79 Å². The van der Waals surface area contributed by atoms with E-state index in [4.69, 9.17) is 19.6 Å². The molecule has 1 amide bonds. The van der Waals surface area contributed by atoms with Crippen LogP contribution in [0.5, 0.6) is 5.75 Å². The lowest BCUT2D eigenvalue weighted by Gasteiger charge is -2.30. The SMILES string of the molecule is O=C(NCc1cc(C(F)(F)F)cc(C(F)(F)F)c1)[C@]1(C/C=C/c2ccccc2)N=C(c2ccc(OCCCO)cc2)O[C@@H]1c1ccccc1Br. The summed E-state index contributed by atoms with van der Waals surface area (Å²) in [5, 5.41) is 11.6. The molecule has 0 spiro atoms. The molecule has 4 aromatic carbocycles. The molecule has 0 aromatic heterocycles. The van der Waals surface area contributed by atoms with E-state index in [1.807, 2.05) is 30.3 Å². The summed E-state index contributed by atoms with van der Waals surface area (Å²) in [6.45, 7) is -0.381. The maximum Gasteiger partial charge on any atom is 0.416 e. The van der Waals surface area contributed by atoms with E-state index in [0.717, 1.165) is 5.56 Å². The molecule has 1 heterocycles. The highest BCUT2D eigenvalue weighted by molar-refractivity contribution is 9.10. The van der Waals surface area contributed by atoms with E-state index in [-0.39, 0.29) is 25.0 Å². The molecule has 262 valence electrons. The predicted molar refractivity (Wildman–Crippen MR) is 179 cm³/mol. The van der Waals surface area contributed by atoms with Crippen LogP contribution in [0.25, 0.3) is 6.08 Å². The molecule has 13 heteroatoms. The monoisotopic (exact) mass is 760 g/mol. The highest BCUT2D eigenvalue weighted by atomic mass is 79.9. The Bertz CT molecular complexity index is 1810. The number of carbonyl (C=O) groups is 1. The van der Waals surface area contributed by atoms with Gasteiger partial charge in [0, 0.05) is 41.6 Å². The number of ether oxygens (including phenoxy) is 2. The summed E-state index contributed by atoms with van der Waals surface area (Å²) >= 11 is 3.53. The van der Waals surface area contributed by atoms with Crippen molar-refractivity contribution >= 4 is 33.8 Å². The van der Waals surface area contributed by atoms with Gasteiger partial charge in [-0.2, -0.15) is 26.3 Å². The lowest BCUT2D eigenvalue weighted by molar-refractivity contribution is -0.143. The number of aliphatic hydroxyl groups is 1. The van der Waals surface area contributed by atoms with Gasteiger partial charge in [0.25, 0.3) is 5.91 Å². The van der Waals surface area contributed by atoms with E-state index in [1.165, 1.54) is 0 Å². The number of nitrogens with one attached hydrogen (secondary N) is 1. The van der Waals surface area contributed by atoms with Crippen molar-refractivity contribution in [3.8, 4) is 5.75 Å². The number of halogens is 7. The molecule has 1 aliphatic heterocycles. The van der Waals surface area contributed by atoms with Gasteiger partial charge in [0.05, 0.1) is 17.7 Å². The van der Waals surface area contributed by atoms with Crippen LogP contribution in [0.3, 0.4) is 0 Å². The third-order valence-corrected chi connectivity index (χ3v) is 8.58. The number of benzene rings is 4. The molecule has 50 heavy (non-hydrogen) atoms. The van der Waals surface area contributed by atoms with Crippen molar-refractivity contribution in [2.45, 2.75) is 43.4 Å². The smallest absolute Gasteiger partial charge is 0.416 e. The van der Waals surface area contributed by atoms with Gasteiger partial charge in [-0.1, -0.05) is 76.6 Å². The molecule has 2 N–H and O–H groups in total. The van der Waals surface area contributed by atoms with Crippen LogP contribution in [0.4, 0.5) is 26.3 Å². The van der Waals surface area contributed by atoms with Gasteiger partial charge in [-0.05, 0) is 59.7 Å². The first-order valence-electron chi connectivity index (χ1n) is 15.4. The van der Waals surface area contributed by atoms with E-state index in [2.05, 4.69) is 21.2 Å². The summed E-state index contributed by atoms with van der Waals surface area (Å²) in [7, 11) is 0. The number of aliphatic hydroxyl groups excluding tert-OH is 1. The number of alkyl halides is 6. The number of carbonyl (C=O) groups excluding carboxylic acids is 1. The minimum Gasteiger partial charge on any atom is -0.494 e. The van der Waals surface area contributed by atoms with Crippen LogP contribution in [0.1, 0.15) is 52.3 Å². The molecule has 0 bridgehead atoms. The molecular weight excluding hydrogens is 730 g/mol. The quantitative estimate of drug-likeness (QED) is 0.112. The summed E-state index contributed by atoms with van der Waals surface area (Å²) in [4.78, 5) is 19.2. The second-order valence-electron chi connectivity index (χ2n) is 11.4. The number of hydrogen-bond donors (Lipinski definition) is 2. The molecule has 0 saturated heterocycles. The molecule has 0 radical (unpaired) electrons. The molecule has 0 aliphatic carbocycles. The standard InChI is InChI=1S/C37H31BrF6N2O4/c38-31-12-5-4-11-30(31)32-35(17-6-10-24-8-2-1-3-9-24,46-33(50-32)26-13-15-29(16-14-26)49-19-7-18-47)34(48)45-23-25-20-27(36(39,40)41)22-28(21-25)37(42,43)44/h1-6,8-16,20-22,32,47H,7,17-19,23H2,(H,45,48)/b10-6+/t32-,35-/m1/s1. The van der Waals surface area contributed by atoms with Crippen molar-refractivity contribution in [1.82, 2.24) is 5.32 Å². The first-order valence-corrected chi connectivity index (χ1v) is 16.2. The number of hydrogen-bond acceptors (Lipinski definition) is 5. The molecule has 1 aliphatic rings. The lowest BCUT2D eigenvalue weighted by Crippen LogP contribution is -2.48. The zero-order chi connectivity index (χ0) is 35.9. The van der Waals surface area contributed by atoms with Crippen LogP contribution >= 0.6 is 15.9 Å². The highest BCUT2D eigenvalue weighted by Crippen LogP contribution is 2.45. The molecule has 2 atom stereocenters. The largest absolute Gasteiger partial charge is 0.494 e. The minimum absolute atomic E-state index is 0.0285. The van der Waals surface area contributed by atoms with Crippen molar-refractivity contribution in [3.05, 3.63) is 141 Å². The molecule has 0 unspecified atom stereocenters. The van der Waals surface area contributed by atoms with Crippen molar-refractivity contribution in [2.24, 2.45) is 4.99 Å². The van der Waals surface area contributed by atoms with Gasteiger partial charge in [0.2, 0.25) is 5.90 Å². The van der Waals surface area contributed by atoms with Gasteiger partial charge in [0.15, 0.2) is 11.6 Å². The third kappa shape index (κ3) is 8.75. The van der Waals surface area contributed by atoms with Gasteiger partial charge < -0.3 is 19.9 Å². The van der Waals surface area contributed by atoms with Crippen LogP contribution in [0, 0.1) is 0 Å². The van der Waals surface area contributed by atoms with Crippen LogP contribution in [0.15, 0.2) is 113 Å². The zero-order valence-corrected chi connectivity index (χ0v) is 27.9. The Morgan fingerprint density at radius 3 is 2.18 bits per heavy atom. The molecular formula is C37H31BrF6N2O4. The molecule has 6 nitrogen and oxygen atoms in total. The third-order valence-electron chi connectivity index (χ3n) is 7.86. The summed E-state index contributed by atoms with van der Waals surface area (Å²) in [5.74, 6) is -0.160. The van der Waals surface area contributed by atoms with E-state index in [0.29, 0.717) is 46.5 Å². The maximum absolute atomic E-state index is 14.4. The van der Waals surface area contributed by atoms with Crippen molar-refractivity contribution in [2.75, 3.05) is 13.2 Å². The molecule has 0 saturated carbocycles. The first-order chi connectivity index (χ1) is 23.8. The fourth-order valence-electron chi connectivity index (χ4n) is 5.38.